The molecule has 0 fully saturated rings. The molecule has 0 amide bonds. The largest absolute Gasteiger partial charge is 0.345 e. The van der Waals surface area contributed by atoms with E-state index in [4.69, 9.17) is 0 Å². The number of rotatable bonds is 4. The first kappa shape index (κ1) is 13.6. The second kappa shape index (κ2) is 6.01. The molecule has 3 heterocycles. The van der Waals surface area contributed by atoms with Crippen LogP contribution in [0.15, 0.2) is 72.3 Å². The van der Waals surface area contributed by atoms with Crippen LogP contribution in [0.5, 0.6) is 0 Å². The Morgan fingerprint density at radius 3 is 2.78 bits per heavy atom. The van der Waals surface area contributed by atoms with Gasteiger partial charge < -0.3 is 4.98 Å². The van der Waals surface area contributed by atoms with Crippen LogP contribution in [0.1, 0.15) is 23.2 Å². The maximum atomic E-state index is 4.44. The van der Waals surface area contributed by atoms with Gasteiger partial charge in [-0.05, 0) is 35.7 Å². The summed E-state index contributed by atoms with van der Waals surface area (Å²) in [5, 5.41) is 0. The molecule has 4 nitrogen and oxygen atoms in total. The minimum absolute atomic E-state index is 0.866. The Hall–Kier alpha value is -3.01. The van der Waals surface area contributed by atoms with Gasteiger partial charge in [-0.1, -0.05) is 24.3 Å². The lowest BCUT2D eigenvalue weighted by atomic mass is 10.0. The van der Waals surface area contributed by atoms with Crippen molar-refractivity contribution in [3.8, 4) is 11.4 Å². The summed E-state index contributed by atoms with van der Waals surface area (Å²) in [6, 6.07) is 12.6. The third-order valence-electron chi connectivity index (χ3n) is 3.87. The van der Waals surface area contributed by atoms with Crippen LogP contribution in [0.4, 0.5) is 0 Å². The second-order valence-electron chi connectivity index (χ2n) is 5.53. The number of benzene rings is 1. The molecule has 0 bridgehead atoms. The van der Waals surface area contributed by atoms with Gasteiger partial charge in [-0.2, -0.15) is 0 Å². The molecule has 0 spiro atoms. The summed E-state index contributed by atoms with van der Waals surface area (Å²) in [6.07, 6.45) is 11.1. The zero-order valence-electron chi connectivity index (χ0n) is 12.6. The van der Waals surface area contributed by atoms with Crippen LogP contribution in [0.3, 0.4) is 0 Å². The van der Waals surface area contributed by atoms with Crippen molar-refractivity contribution in [2.45, 2.75) is 12.8 Å². The first-order valence-electron chi connectivity index (χ1n) is 7.64. The summed E-state index contributed by atoms with van der Waals surface area (Å²) in [5.41, 5.74) is 5.60. The Morgan fingerprint density at radius 1 is 1.00 bits per heavy atom. The number of aromatic nitrogens is 3. The molecule has 1 aromatic carbocycles. The highest BCUT2D eigenvalue weighted by molar-refractivity contribution is 6.01. The van der Waals surface area contributed by atoms with Crippen LogP contribution in [0, 0.1) is 0 Å². The van der Waals surface area contributed by atoms with Crippen molar-refractivity contribution in [2.24, 2.45) is 4.99 Å². The molecule has 0 aliphatic carbocycles. The summed E-state index contributed by atoms with van der Waals surface area (Å²) >= 11 is 0. The third-order valence-corrected chi connectivity index (χ3v) is 3.87. The molecule has 23 heavy (non-hydrogen) atoms. The summed E-state index contributed by atoms with van der Waals surface area (Å²) in [6.45, 7) is 0. The van der Waals surface area contributed by atoms with Gasteiger partial charge in [0.25, 0.3) is 0 Å². The highest BCUT2D eigenvalue weighted by atomic mass is 14.9. The van der Waals surface area contributed by atoms with Crippen molar-refractivity contribution in [2.75, 3.05) is 0 Å². The quantitative estimate of drug-likeness (QED) is 0.797. The number of H-pyrrole nitrogens is 1. The van der Waals surface area contributed by atoms with E-state index in [0.717, 1.165) is 35.6 Å². The summed E-state index contributed by atoms with van der Waals surface area (Å²) in [4.78, 5) is 16.3. The van der Waals surface area contributed by atoms with Gasteiger partial charge in [-0.15, -0.1) is 0 Å². The van der Waals surface area contributed by atoms with Gasteiger partial charge >= 0.3 is 0 Å². The van der Waals surface area contributed by atoms with Gasteiger partial charge in [-0.3, -0.25) is 9.98 Å². The van der Waals surface area contributed by atoms with Gasteiger partial charge in [-0.25, -0.2) is 4.98 Å². The number of nitrogens with one attached hydrogen (secondary N) is 1. The van der Waals surface area contributed by atoms with Crippen molar-refractivity contribution >= 4 is 5.71 Å². The Kier molecular flexibility index (Phi) is 3.56. The number of aromatic amines is 1. The molecular formula is C19H16N4. The average molecular weight is 300 g/mol. The van der Waals surface area contributed by atoms with Crippen molar-refractivity contribution in [1.29, 1.82) is 0 Å². The smallest absolute Gasteiger partial charge is 0.137 e. The number of nitrogens with zero attached hydrogens (tertiary/aromatic N) is 3. The molecule has 1 aliphatic heterocycles. The predicted molar refractivity (Wildman–Crippen MR) is 91.4 cm³/mol. The van der Waals surface area contributed by atoms with Gasteiger partial charge in [0.1, 0.15) is 5.82 Å². The molecular weight excluding hydrogens is 284 g/mol. The van der Waals surface area contributed by atoms with Crippen LogP contribution >= 0.6 is 0 Å². The van der Waals surface area contributed by atoms with Crippen LogP contribution < -0.4 is 0 Å². The summed E-state index contributed by atoms with van der Waals surface area (Å²) < 4.78 is 0. The van der Waals surface area contributed by atoms with Crippen LogP contribution in [0.25, 0.3) is 11.4 Å². The second-order valence-corrected chi connectivity index (χ2v) is 5.53. The van der Waals surface area contributed by atoms with E-state index in [1.807, 2.05) is 18.6 Å². The lowest BCUT2D eigenvalue weighted by Crippen LogP contribution is -2.01. The maximum Gasteiger partial charge on any atom is 0.137 e. The van der Waals surface area contributed by atoms with E-state index in [1.165, 1.54) is 11.1 Å². The van der Waals surface area contributed by atoms with E-state index in [2.05, 4.69) is 62.4 Å². The first-order valence-corrected chi connectivity index (χ1v) is 7.64. The minimum atomic E-state index is 0.866. The Bertz CT molecular complexity index is 876. The Balaban J connectivity index is 1.59. The van der Waals surface area contributed by atoms with Gasteiger partial charge in [0.05, 0.1) is 11.4 Å². The van der Waals surface area contributed by atoms with Crippen molar-refractivity contribution < 1.29 is 0 Å². The molecule has 2 aromatic heterocycles. The lowest BCUT2D eigenvalue weighted by molar-refractivity contribution is 1.15. The predicted octanol–water partition coefficient (Wildman–Crippen LogP) is 3.77. The third kappa shape index (κ3) is 2.97. The van der Waals surface area contributed by atoms with E-state index in [1.54, 1.807) is 6.20 Å². The number of hydrogen-bond acceptors (Lipinski definition) is 3. The Labute approximate surface area is 134 Å². The van der Waals surface area contributed by atoms with E-state index < -0.39 is 0 Å². The maximum absolute atomic E-state index is 4.44. The fourth-order valence-electron chi connectivity index (χ4n) is 2.76. The number of hydrogen-bond donors (Lipinski definition) is 1. The molecule has 0 unspecified atom stereocenters. The van der Waals surface area contributed by atoms with E-state index in [9.17, 15) is 0 Å². The molecule has 1 N–H and O–H groups in total. The lowest BCUT2D eigenvalue weighted by Gasteiger charge is -2.06. The summed E-state index contributed by atoms with van der Waals surface area (Å²) in [7, 11) is 0. The fraction of sp³-hybridized carbons (Fsp3) is 0.105. The minimum Gasteiger partial charge on any atom is -0.345 e. The van der Waals surface area contributed by atoms with Gasteiger partial charge in [0, 0.05) is 36.8 Å². The highest BCUT2D eigenvalue weighted by Crippen LogP contribution is 2.19. The van der Waals surface area contributed by atoms with E-state index >= 15 is 0 Å². The molecule has 4 rings (SSSR count). The van der Waals surface area contributed by atoms with E-state index in [-0.39, 0.29) is 0 Å². The molecule has 0 atom stereocenters. The van der Waals surface area contributed by atoms with Crippen LogP contribution in [0.2, 0.25) is 0 Å². The molecule has 112 valence electrons. The monoisotopic (exact) mass is 300 g/mol. The molecule has 0 radical (unpaired) electrons. The average Bonchev–Trinajstić information content (AvgIpc) is 3.29. The van der Waals surface area contributed by atoms with Gasteiger partial charge in [0.2, 0.25) is 0 Å². The standard InChI is InChI=1S/C19H16N4/c1-3-14(12-16(4-1)19-22-9-10-23-19)11-15-6-8-21-18(13-15)17-5-2-7-20-17/h1-4,6-10,12-13H,5,11H2,(H,22,23). The SMILES string of the molecule is C1=CN=C(c2cc(Cc3cccc(-c4ncc[nH]4)c3)ccn2)C1. The molecule has 1 aliphatic rings. The first-order chi connectivity index (χ1) is 11.4. The Morgan fingerprint density at radius 2 is 1.96 bits per heavy atom. The van der Waals surface area contributed by atoms with Crippen molar-refractivity contribution in [3.05, 3.63) is 84.1 Å². The van der Waals surface area contributed by atoms with Crippen LogP contribution in [-0.2, 0) is 6.42 Å². The highest BCUT2D eigenvalue weighted by Gasteiger charge is 2.08. The molecule has 4 heteroatoms. The topological polar surface area (TPSA) is 53.9 Å². The van der Waals surface area contributed by atoms with Crippen LogP contribution in [-0.4, -0.2) is 20.7 Å². The van der Waals surface area contributed by atoms with Crippen molar-refractivity contribution in [1.82, 2.24) is 15.0 Å². The van der Waals surface area contributed by atoms with E-state index in [0.29, 0.717) is 0 Å². The zero-order chi connectivity index (χ0) is 15.5. The normalized spacial score (nSPS) is 13.3. The number of pyridine rings is 1. The summed E-state index contributed by atoms with van der Waals surface area (Å²) in [5.74, 6) is 0.897. The fourth-order valence-corrected chi connectivity index (χ4v) is 2.76. The van der Waals surface area contributed by atoms with Crippen molar-refractivity contribution in [3.63, 3.8) is 0 Å². The number of aliphatic imine (C=N–C) groups is 1. The zero-order valence-corrected chi connectivity index (χ0v) is 12.6. The molecule has 0 saturated carbocycles. The molecule has 3 aromatic rings. The number of imidazole rings is 1. The number of allylic oxidation sites excluding steroid dienone is 1. The molecule has 0 saturated heterocycles. The van der Waals surface area contributed by atoms with Gasteiger partial charge in [0.15, 0.2) is 0 Å².